The van der Waals surface area contributed by atoms with Crippen LogP contribution in [-0.4, -0.2) is 18.5 Å². The number of rotatable bonds is 4. The molecule has 0 unspecified atom stereocenters. The molecule has 0 saturated heterocycles. The van der Waals surface area contributed by atoms with E-state index in [0.29, 0.717) is 5.56 Å². The van der Waals surface area contributed by atoms with Gasteiger partial charge in [-0.25, -0.2) is 0 Å². The summed E-state index contributed by atoms with van der Waals surface area (Å²) in [6.07, 6.45) is -0.939. The average molecular weight is 345 g/mol. The van der Waals surface area contributed by atoms with E-state index >= 15 is 0 Å². The Labute approximate surface area is 141 Å². The topological polar surface area (TPSA) is 44.5 Å². The second kappa shape index (κ2) is 7.31. The maximum atomic E-state index is 12.5. The molecule has 1 aromatic rings. The fourth-order valence-electron chi connectivity index (χ4n) is 2.84. The van der Waals surface area contributed by atoms with Crippen LogP contribution in [0.1, 0.15) is 57.6 Å². The quantitative estimate of drug-likeness (QED) is 0.862. The monoisotopic (exact) mass is 345 g/mol. The molecule has 6 heteroatoms. The predicted molar refractivity (Wildman–Crippen MR) is 86.8 cm³/mol. The Balaban J connectivity index is 2.11. The highest BCUT2D eigenvalue weighted by molar-refractivity contribution is 5.37. The minimum absolute atomic E-state index is 0.120. The van der Waals surface area contributed by atoms with E-state index in [4.69, 9.17) is 10.5 Å². The van der Waals surface area contributed by atoms with E-state index in [-0.39, 0.29) is 29.9 Å². The first kappa shape index (κ1) is 19.1. The third kappa shape index (κ3) is 5.98. The molecule has 0 heterocycles. The van der Waals surface area contributed by atoms with Crippen molar-refractivity contribution < 1.29 is 22.6 Å². The van der Waals surface area contributed by atoms with Crippen molar-refractivity contribution in [2.24, 2.45) is 5.73 Å². The van der Waals surface area contributed by atoms with Gasteiger partial charge in [-0.05, 0) is 54.4 Å². The highest BCUT2D eigenvalue weighted by Gasteiger charge is 2.32. The number of alkyl halides is 3. The van der Waals surface area contributed by atoms with Gasteiger partial charge in [-0.1, -0.05) is 26.8 Å². The molecule has 3 nitrogen and oxygen atoms in total. The van der Waals surface area contributed by atoms with E-state index in [1.165, 1.54) is 12.1 Å². The van der Waals surface area contributed by atoms with E-state index in [1.807, 2.05) is 26.8 Å². The number of ether oxygens (including phenoxy) is 2. The highest BCUT2D eigenvalue weighted by atomic mass is 19.4. The second-order valence-electron chi connectivity index (χ2n) is 7.51. The van der Waals surface area contributed by atoms with Crippen molar-refractivity contribution in [3.63, 3.8) is 0 Å². The molecule has 1 aliphatic rings. The number of nitrogens with two attached hydrogens (primary N) is 1. The number of hydrogen-bond donors (Lipinski definition) is 1. The van der Waals surface area contributed by atoms with Crippen LogP contribution in [-0.2, 0) is 16.8 Å². The van der Waals surface area contributed by atoms with Crippen LogP contribution in [0.2, 0.25) is 0 Å². The van der Waals surface area contributed by atoms with E-state index in [2.05, 4.69) is 4.74 Å². The Morgan fingerprint density at radius 2 is 1.67 bits per heavy atom. The fourth-order valence-corrected chi connectivity index (χ4v) is 2.84. The summed E-state index contributed by atoms with van der Waals surface area (Å²) in [5.41, 5.74) is 7.07. The van der Waals surface area contributed by atoms with Crippen molar-refractivity contribution in [3.8, 4) is 5.75 Å². The van der Waals surface area contributed by atoms with Gasteiger partial charge < -0.3 is 15.2 Å². The van der Waals surface area contributed by atoms with Crippen LogP contribution in [0.3, 0.4) is 0 Å². The van der Waals surface area contributed by atoms with Crippen molar-refractivity contribution in [1.82, 2.24) is 0 Å². The van der Waals surface area contributed by atoms with E-state index < -0.39 is 6.36 Å². The maximum Gasteiger partial charge on any atom is 0.573 e. The zero-order valence-corrected chi connectivity index (χ0v) is 14.5. The van der Waals surface area contributed by atoms with E-state index in [9.17, 15) is 13.2 Å². The van der Waals surface area contributed by atoms with Crippen molar-refractivity contribution in [2.45, 2.75) is 77.0 Å². The van der Waals surface area contributed by atoms with Crippen LogP contribution in [0, 0.1) is 0 Å². The van der Waals surface area contributed by atoms with Gasteiger partial charge in [-0.15, -0.1) is 13.2 Å². The van der Waals surface area contributed by atoms with Crippen LogP contribution in [0.25, 0.3) is 0 Å². The van der Waals surface area contributed by atoms with Crippen LogP contribution >= 0.6 is 0 Å². The summed E-state index contributed by atoms with van der Waals surface area (Å²) < 4.78 is 47.6. The molecule has 1 saturated carbocycles. The molecular formula is C18H26F3NO2. The summed E-state index contributed by atoms with van der Waals surface area (Å²) in [6.45, 7) is 6.13. The van der Waals surface area contributed by atoms with Crippen molar-refractivity contribution in [2.75, 3.05) is 0 Å². The van der Waals surface area contributed by atoms with E-state index in [0.717, 1.165) is 31.2 Å². The van der Waals surface area contributed by atoms with Gasteiger partial charge >= 0.3 is 6.36 Å². The van der Waals surface area contributed by atoms with Gasteiger partial charge in [0.25, 0.3) is 0 Å². The smallest absolute Gasteiger partial charge is 0.406 e. The standard InChI is InChI=1S/C18H26F3NO2/c1-17(2,3)13-8-12(9-16(10-13)24-18(19,20)21)11-23-15-6-4-14(22)5-7-15/h8-10,14-15H,4-7,11,22H2,1-3H3/t14-,15+. The number of hydrogen-bond acceptors (Lipinski definition) is 3. The first-order valence-corrected chi connectivity index (χ1v) is 8.30. The molecule has 1 fully saturated rings. The zero-order chi connectivity index (χ0) is 18.0. The molecular weight excluding hydrogens is 319 g/mol. The molecule has 2 N–H and O–H groups in total. The predicted octanol–water partition coefficient (Wildman–Crippen LogP) is 4.67. The van der Waals surface area contributed by atoms with Gasteiger partial charge in [0.2, 0.25) is 0 Å². The molecule has 136 valence electrons. The Kier molecular flexibility index (Phi) is 5.81. The van der Waals surface area contributed by atoms with Crippen LogP contribution in [0.15, 0.2) is 18.2 Å². The Bertz CT molecular complexity index is 544. The minimum Gasteiger partial charge on any atom is -0.406 e. The molecule has 0 atom stereocenters. The molecule has 0 aliphatic heterocycles. The van der Waals surface area contributed by atoms with Crippen molar-refractivity contribution >= 4 is 0 Å². The molecule has 2 rings (SSSR count). The molecule has 1 aliphatic carbocycles. The fraction of sp³-hybridized carbons (Fsp3) is 0.667. The molecule has 0 radical (unpaired) electrons. The Hall–Kier alpha value is -1.27. The first-order chi connectivity index (χ1) is 11.0. The summed E-state index contributed by atoms with van der Waals surface area (Å²) in [7, 11) is 0. The third-order valence-electron chi connectivity index (χ3n) is 4.27. The lowest BCUT2D eigenvalue weighted by Gasteiger charge is -2.27. The molecule has 24 heavy (non-hydrogen) atoms. The number of benzene rings is 1. The molecule has 0 aromatic heterocycles. The lowest BCUT2D eigenvalue weighted by Crippen LogP contribution is -2.30. The maximum absolute atomic E-state index is 12.5. The largest absolute Gasteiger partial charge is 0.573 e. The van der Waals surface area contributed by atoms with Crippen molar-refractivity contribution in [3.05, 3.63) is 29.3 Å². The van der Waals surface area contributed by atoms with Gasteiger partial charge in [0, 0.05) is 6.04 Å². The summed E-state index contributed by atoms with van der Waals surface area (Å²) in [6, 6.07) is 4.96. The van der Waals surface area contributed by atoms with E-state index in [1.54, 1.807) is 0 Å². The van der Waals surface area contributed by atoms with Gasteiger partial charge in [-0.2, -0.15) is 0 Å². The van der Waals surface area contributed by atoms with Gasteiger partial charge in [-0.3, -0.25) is 0 Å². The molecule has 0 bridgehead atoms. The van der Waals surface area contributed by atoms with Gasteiger partial charge in [0.1, 0.15) is 5.75 Å². The van der Waals surface area contributed by atoms with Crippen LogP contribution in [0.4, 0.5) is 13.2 Å². The normalized spacial score (nSPS) is 22.5. The minimum atomic E-state index is -4.70. The zero-order valence-electron chi connectivity index (χ0n) is 14.5. The average Bonchev–Trinajstić information content (AvgIpc) is 2.44. The summed E-state index contributed by atoms with van der Waals surface area (Å²) >= 11 is 0. The lowest BCUT2D eigenvalue weighted by molar-refractivity contribution is -0.274. The van der Waals surface area contributed by atoms with Crippen LogP contribution in [0.5, 0.6) is 5.75 Å². The highest BCUT2D eigenvalue weighted by Crippen LogP contribution is 2.31. The lowest BCUT2D eigenvalue weighted by atomic mass is 9.86. The Morgan fingerprint density at radius 3 is 2.21 bits per heavy atom. The molecule has 0 amide bonds. The molecule has 1 aromatic carbocycles. The van der Waals surface area contributed by atoms with Crippen molar-refractivity contribution in [1.29, 1.82) is 0 Å². The number of halogens is 3. The second-order valence-corrected chi connectivity index (χ2v) is 7.51. The summed E-state index contributed by atoms with van der Waals surface area (Å²) in [5, 5.41) is 0. The third-order valence-corrected chi connectivity index (χ3v) is 4.27. The molecule has 0 spiro atoms. The first-order valence-electron chi connectivity index (χ1n) is 8.30. The van der Waals surface area contributed by atoms with Gasteiger partial charge in [0.15, 0.2) is 0 Å². The summed E-state index contributed by atoms with van der Waals surface area (Å²) in [5.74, 6) is -0.195. The van der Waals surface area contributed by atoms with Crippen LogP contribution < -0.4 is 10.5 Å². The van der Waals surface area contributed by atoms with Gasteiger partial charge in [0.05, 0.1) is 12.7 Å². The summed E-state index contributed by atoms with van der Waals surface area (Å²) in [4.78, 5) is 0. The SMILES string of the molecule is CC(C)(C)c1cc(CO[C@H]2CC[C@@H](N)CC2)cc(OC(F)(F)F)c1. The Morgan fingerprint density at radius 1 is 1.04 bits per heavy atom.